The van der Waals surface area contributed by atoms with Gasteiger partial charge in [-0.25, -0.2) is 4.68 Å². The summed E-state index contributed by atoms with van der Waals surface area (Å²) in [5.41, 5.74) is 1.52. The van der Waals surface area contributed by atoms with Gasteiger partial charge in [-0.15, -0.1) is 12.4 Å². The number of rotatable bonds is 4. The Labute approximate surface area is 153 Å². The Morgan fingerprint density at radius 2 is 2.12 bits per heavy atom. The number of hydrogen-bond acceptors (Lipinski definition) is 3. The summed E-state index contributed by atoms with van der Waals surface area (Å²) in [6, 6.07) is 7.39. The second kappa shape index (κ2) is 8.51. The van der Waals surface area contributed by atoms with Gasteiger partial charge in [0.2, 0.25) is 0 Å². The number of piperidine rings is 1. The summed E-state index contributed by atoms with van der Waals surface area (Å²) in [7, 11) is 1.96. The molecule has 0 bridgehead atoms. The van der Waals surface area contributed by atoms with Crippen molar-refractivity contribution in [3.05, 3.63) is 47.2 Å². The lowest BCUT2D eigenvalue weighted by molar-refractivity contribution is 0.0674. The number of halogens is 2. The van der Waals surface area contributed by atoms with Gasteiger partial charge in [-0.3, -0.25) is 4.79 Å². The van der Waals surface area contributed by atoms with E-state index in [0.717, 1.165) is 31.7 Å². The second-order valence-electron chi connectivity index (χ2n) is 5.97. The number of carbonyl (C=O) groups is 1. The lowest BCUT2D eigenvalue weighted by Gasteiger charge is -2.32. The van der Waals surface area contributed by atoms with E-state index in [1.807, 2.05) is 36.2 Å². The molecule has 2 heterocycles. The van der Waals surface area contributed by atoms with E-state index in [4.69, 9.17) is 11.6 Å². The number of amides is 1. The number of aromatic nitrogens is 2. The topological polar surface area (TPSA) is 50.2 Å². The van der Waals surface area contributed by atoms with Crippen LogP contribution in [0.2, 0.25) is 5.02 Å². The van der Waals surface area contributed by atoms with E-state index in [-0.39, 0.29) is 18.3 Å². The first-order chi connectivity index (χ1) is 11.2. The van der Waals surface area contributed by atoms with E-state index in [0.29, 0.717) is 16.5 Å². The number of carbonyl (C=O) groups excluding carboxylic acids is 1. The first-order valence-corrected chi connectivity index (χ1v) is 8.29. The van der Waals surface area contributed by atoms with Crippen LogP contribution in [0.1, 0.15) is 23.2 Å². The summed E-state index contributed by atoms with van der Waals surface area (Å²) in [6.07, 6.45) is 5.66. The molecule has 1 saturated heterocycles. The average molecular weight is 369 g/mol. The maximum absolute atomic E-state index is 12.7. The molecule has 0 spiro atoms. The van der Waals surface area contributed by atoms with Crippen LogP contribution in [0.25, 0.3) is 5.69 Å². The van der Waals surface area contributed by atoms with Crippen LogP contribution in [-0.4, -0.2) is 47.3 Å². The lowest BCUT2D eigenvalue weighted by atomic mass is 9.97. The van der Waals surface area contributed by atoms with Gasteiger partial charge in [0.15, 0.2) is 0 Å². The molecule has 1 aromatic heterocycles. The van der Waals surface area contributed by atoms with Gasteiger partial charge >= 0.3 is 0 Å². The molecule has 1 aromatic carbocycles. The number of nitrogens with zero attached hydrogens (tertiary/aromatic N) is 3. The molecule has 7 heteroatoms. The fraction of sp³-hybridized carbons (Fsp3) is 0.412. The van der Waals surface area contributed by atoms with Gasteiger partial charge in [-0.1, -0.05) is 11.6 Å². The van der Waals surface area contributed by atoms with Gasteiger partial charge in [0.1, 0.15) is 0 Å². The van der Waals surface area contributed by atoms with Crippen molar-refractivity contribution in [3.63, 3.8) is 0 Å². The van der Waals surface area contributed by atoms with E-state index < -0.39 is 0 Å². The molecule has 0 aliphatic carbocycles. The number of likely N-dealkylation sites (tertiary alicyclic amines) is 1. The monoisotopic (exact) mass is 368 g/mol. The van der Waals surface area contributed by atoms with E-state index in [1.54, 1.807) is 17.1 Å². The molecule has 1 fully saturated rings. The van der Waals surface area contributed by atoms with Crippen LogP contribution in [0, 0.1) is 5.92 Å². The first-order valence-electron chi connectivity index (χ1n) is 7.92. The van der Waals surface area contributed by atoms with Gasteiger partial charge in [0.25, 0.3) is 5.91 Å². The molecule has 0 radical (unpaired) electrons. The summed E-state index contributed by atoms with van der Waals surface area (Å²) in [5, 5.41) is 8.18. The van der Waals surface area contributed by atoms with Gasteiger partial charge in [0, 0.05) is 24.3 Å². The van der Waals surface area contributed by atoms with Crippen LogP contribution in [0.15, 0.2) is 36.7 Å². The maximum atomic E-state index is 12.7. The number of benzene rings is 1. The summed E-state index contributed by atoms with van der Waals surface area (Å²) >= 11 is 5.90. The number of nitrogens with one attached hydrogen (secondary N) is 1. The van der Waals surface area contributed by atoms with Crippen LogP contribution in [0.5, 0.6) is 0 Å². The minimum Gasteiger partial charge on any atom is -0.338 e. The highest BCUT2D eigenvalue weighted by Gasteiger charge is 2.24. The van der Waals surface area contributed by atoms with E-state index in [9.17, 15) is 4.79 Å². The van der Waals surface area contributed by atoms with Crippen molar-refractivity contribution in [1.29, 1.82) is 0 Å². The van der Waals surface area contributed by atoms with Crippen molar-refractivity contribution in [2.24, 2.45) is 5.92 Å². The quantitative estimate of drug-likeness (QED) is 0.902. The first kappa shape index (κ1) is 18.8. The minimum absolute atomic E-state index is 0. The van der Waals surface area contributed by atoms with Crippen LogP contribution in [-0.2, 0) is 0 Å². The highest BCUT2D eigenvalue weighted by Crippen LogP contribution is 2.19. The van der Waals surface area contributed by atoms with Gasteiger partial charge in [-0.2, -0.15) is 5.10 Å². The highest BCUT2D eigenvalue weighted by atomic mass is 35.5. The van der Waals surface area contributed by atoms with Gasteiger partial charge in [0.05, 0.1) is 17.4 Å². The summed E-state index contributed by atoms with van der Waals surface area (Å²) in [6.45, 7) is 2.59. The zero-order valence-corrected chi connectivity index (χ0v) is 15.2. The van der Waals surface area contributed by atoms with E-state index in [2.05, 4.69) is 10.4 Å². The predicted octanol–water partition coefficient (Wildman–Crippen LogP) is 3.02. The van der Waals surface area contributed by atoms with Crippen LogP contribution >= 0.6 is 24.0 Å². The van der Waals surface area contributed by atoms with Crippen molar-refractivity contribution < 1.29 is 4.79 Å². The predicted molar refractivity (Wildman–Crippen MR) is 98.4 cm³/mol. The smallest absolute Gasteiger partial charge is 0.257 e. The summed E-state index contributed by atoms with van der Waals surface area (Å²) in [4.78, 5) is 14.6. The van der Waals surface area contributed by atoms with Gasteiger partial charge < -0.3 is 10.2 Å². The molecule has 24 heavy (non-hydrogen) atoms. The van der Waals surface area contributed by atoms with Crippen molar-refractivity contribution >= 4 is 29.9 Å². The zero-order valence-electron chi connectivity index (χ0n) is 13.6. The van der Waals surface area contributed by atoms with Crippen LogP contribution in [0.4, 0.5) is 0 Å². The Hall–Kier alpha value is -1.56. The molecular formula is C17H22Cl2N4O. The normalized spacial score (nSPS) is 17.4. The standard InChI is InChI=1S/C17H21ClN4O.ClH/c1-19-9-13-3-2-8-21(11-13)17(23)14-10-20-22(12-14)16-6-4-15(18)5-7-16;/h4-7,10,12-13,19H,2-3,8-9,11H2,1H3;1H. The third kappa shape index (κ3) is 4.29. The molecule has 5 nitrogen and oxygen atoms in total. The minimum atomic E-state index is 0. The largest absolute Gasteiger partial charge is 0.338 e. The number of hydrogen-bond donors (Lipinski definition) is 1. The van der Waals surface area contributed by atoms with Crippen molar-refractivity contribution in [2.45, 2.75) is 12.8 Å². The average Bonchev–Trinajstić information content (AvgIpc) is 3.05. The lowest BCUT2D eigenvalue weighted by Crippen LogP contribution is -2.42. The molecule has 1 N–H and O–H groups in total. The molecule has 2 aromatic rings. The molecule has 1 aliphatic rings. The molecule has 0 saturated carbocycles. The second-order valence-corrected chi connectivity index (χ2v) is 6.40. The molecule has 1 unspecified atom stereocenters. The molecule has 1 atom stereocenters. The molecule has 130 valence electrons. The fourth-order valence-corrected chi connectivity index (χ4v) is 3.18. The molecule has 1 aliphatic heterocycles. The molecule has 3 rings (SSSR count). The third-order valence-corrected chi connectivity index (χ3v) is 4.47. The third-order valence-electron chi connectivity index (χ3n) is 4.22. The maximum Gasteiger partial charge on any atom is 0.257 e. The van der Waals surface area contributed by atoms with Crippen LogP contribution < -0.4 is 5.32 Å². The Morgan fingerprint density at radius 3 is 2.83 bits per heavy atom. The van der Waals surface area contributed by atoms with Crippen molar-refractivity contribution in [3.8, 4) is 5.69 Å². The summed E-state index contributed by atoms with van der Waals surface area (Å²) in [5.74, 6) is 0.593. The van der Waals surface area contributed by atoms with E-state index in [1.165, 1.54) is 6.42 Å². The van der Waals surface area contributed by atoms with Crippen LogP contribution in [0.3, 0.4) is 0 Å². The Kier molecular flexibility index (Phi) is 6.66. The molecule has 1 amide bonds. The van der Waals surface area contributed by atoms with Gasteiger partial charge in [-0.05, 0) is 56.6 Å². The Morgan fingerprint density at radius 1 is 1.38 bits per heavy atom. The Bertz CT molecular complexity index is 669. The highest BCUT2D eigenvalue weighted by molar-refractivity contribution is 6.30. The SMILES string of the molecule is CNCC1CCCN(C(=O)c2cnn(-c3ccc(Cl)cc3)c2)C1.Cl. The Balaban J connectivity index is 0.00000208. The molecular weight excluding hydrogens is 347 g/mol. The van der Waals surface area contributed by atoms with Crippen molar-refractivity contribution in [1.82, 2.24) is 20.0 Å². The van der Waals surface area contributed by atoms with Crippen molar-refractivity contribution in [2.75, 3.05) is 26.7 Å². The summed E-state index contributed by atoms with van der Waals surface area (Å²) < 4.78 is 1.71. The zero-order chi connectivity index (χ0) is 16.2. The van der Waals surface area contributed by atoms with E-state index >= 15 is 0 Å². The fourth-order valence-electron chi connectivity index (χ4n) is 3.06.